The highest BCUT2D eigenvalue weighted by molar-refractivity contribution is 6.22. The Hall–Kier alpha value is -2.74. The van der Waals surface area contributed by atoms with Crippen molar-refractivity contribution in [2.75, 3.05) is 38.2 Å². The number of carbonyl (C=O) groups excluding carboxylic acids is 4. The number of rotatable bonds is 4. The Morgan fingerprint density at radius 3 is 2.00 bits per heavy atom. The van der Waals surface area contributed by atoms with E-state index < -0.39 is 12.0 Å². The van der Waals surface area contributed by atoms with Gasteiger partial charge in [0.2, 0.25) is 11.8 Å². The molecular weight excluding hydrogens is 410 g/mol. The van der Waals surface area contributed by atoms with Crippen molar-refractivity contribution in [1.82, 2.24) is 9.80 Å². The largest absolute Gasteiger partial charge is 0.465 e. The first-order valence-electron chi connectivity index (χ1n) is 11.4. The van der Waals surface area contributed by atoms with E-state index in [2.05, 4.69) is 4.90 Å². The summed E-state index contributed by atoms with van der Waals surface area (Å²) in [6, 6.07) is 5.95. The SMILES string of the molecule is COC(=O)c1ccc(N2C(=O)CC(N3CCC(C4CCN(C(C)=O)CC4)CC3)C2=O)cc1. The third kappa shape index (κ3) is 4.41. The van der Waals surface area contributed by atoms with Gasteiger partial charge >= 0.3 is 5.97 Å². The maximum atomic E-state index is 13.1. The molecule has 0 bridgehead atoms. The molecule has 0 aliphatic carbocycles. The molecule has 0 N–H and O–H groups in total. The molecule has 1 aromatic carbocycles. The second-order valence-corrected chi connectivity index (χ2v) is 9.04. The van der Waals surface area contributed by atoms with Crippen molar-refractivity contribution < 1.29 is 23.9 Å². The molecule has 8 nitrogen and oxygen atoms in total. The van der Waals surface area contributed by atoms with Crippen LogP contribution in [0.3, 0.4) is 0 Å². The van der Waals surface area contributed by atoms with Crippen LogP contribution in [0.5, 0.6) is 0 Å². The van der Waals surface area contributed by atoms with Crippen LogP contribution in [0.2, 0.25) is 0 Å². The number of imide groups is 1. The van der Waals surface area contributed by atoms with Crippen LogP contribution < -0.4 is 4.90 Å². The molecule has 3 saturated heterocycles. The van der Waals surface area contributed by atoms with Crippen LogP contribution in [-0.2, 0) is 19.1 Å². The molecule has 1 unspecified atom stereocenters. The number of carbonyl (C=O) groups is 4. The summed E-state index contributed by atoms with van der Waals surface area (Å²) >= 11 is 0. The van der Waals surface area contributed by atoms with Crippen molar-refractivity contribution in [1.29, 1.82) is 0 Å². The van der Waals surface area contributed by atoms with Crippen molar-refractivity contribution in [3.63, 3.8) is 0 Å². The van der Waals surface area contributed by atoms with E-state index in [-0.39, 0.29) is 24.1 Å². The number of amides is 3. The lowest BCUT2D eigenvalue weighted by atomic mass is 9.78. The highest BCUT2D eigenvalue weighted by atomic mass is 16.5. The zero-order valence-corrected chi connectivity index (χ0v) is 18.8. The van der Waals surface area contributed by atoms with Gasteiger partial charge in [-0.1, -0.05) is 0 Å². The van der Waals surface area contributed by atoms with Gasteiger partial charge in [0.25, 0.3) is 5.91 Å². The van der Waals surface area contributed by atoms with Gasteiger partial charge in [-0.05, 0) is 74.9 Å². The van der Waals surface area contributed by atoms with E-state index in [0.717, 1.165) is 51.9 Å². The Balaban J connectivity index is 1.34. The summed E-state index contributed by atoms with van der Waals surface area (Å²) in [5.41, 5.74) is 0.866. The molecule has 3 aliphatic heterocycles. The average molecular weight is 442 g/mol. The monoisotopic (exact) mass is 441 g/mol. The second kappa shape index (κ2) is 9.40. The summed E-state index contributed by atoms with van der Waals surface area (Å²) in [4.78, 5) is 54.3. The van der Waals surface area contributed by atoms with E-state index in [4.69, 9.17) is 4.74 Å². The lowest BCUT2D eigenvalue weighted by Gasteiger charge is -2.41. The van der Waals surface area contributed by atoms with Crippen LogP contribution in [0.25, 0.3) is 0 Å². The highest BCUT2D eigenvalue weighted by Crippen LogP contribution is 2.35. The van der Waals surface area contributed by atoms with E-state index in [1.165, 1.54) is 12.0 Å². The predicted octanol–water partition coefficient (Wildman–Crippen LogP) is 2.08. The molecule has 3 amide bonds. The minimum absolute atomic E-state index is 0.159. The Morgan fingerprint density at radius 2 is 1.47 bits per heavy atom. The van der Waals surface area contributed by atoms with Crippen molar-refractivity contribution in [2.24, 2.45) is 11.8 Å². The molecule has 0 spiro atoms. The van der Waals surface area contributed by atoms with Crippen LogP contribution in [0.15, 0.2) is 24.3 Å². The molecule has 3 fully saturated rings. The van der Waals surface area contributed by atoms with E-state index in [9.17, 15) is 19.2 Å². The number of nitrogens with zero attached hydrogens (tertiary/aromatic N) is 3. The van der Waals surface area contributed by atoms with Crippen molar-refractivity contribution in [3.05, 3.63) is 29.8 Å². The number of hydrogen-bond acceptors (Lipinski definition) is 6. The first-order chi connectivity index (χ1) is 15.4. The summed E-state index contributed by atoms with van der Waals surface area (Å²) in [5, 5.41) is 0. The lowest BCUT2D eigenvalue weighted by molar-refractivity contribution is -0.130. The molecular formula is C24H31N3O5. The number of ether oxygens (including phenoxy) is 1. The smallest absolute Gasteiger partial charge is 0.337 e. The molecule has 32 heavy (non-hydrogen) atoms. The molecule has 4 rings (SSSR count). The predicted molar refractivity (Wildman–Crippen MR) is 118 cm³/mol. The Bertz CT molecular complexity index is 883. The highest BCUT2D eigenvalue weighted by Gasteiger charge is 2.44. The molecule has 8 heteroatoms. The molecule has 3 heterocycles. The lowest BCUT2D eigenvalue weighted by Crippen LogP contribution is -2.47. The third-order valence-corrected chi connectivity index (χ3v) is 7.34. The van der Waals surface area contributed by atoms with E-state index in [1.807, 2.05) is 4.90 Å². The molecule has 0 saturated carbocycles. The van der Waals surface area contributed by atoms with Gasteiger partial charge in [0, 0.05) is 20.0 Å². The van der Waals surface area contributed by atoms with Crippen LogP contribution in [0.4, 0.5) is 5.69 Å². The number of esters is 1. The fourth-order valence-electron chi connectivity index (χ4n) is 5.43. The average Bonchev–Trinajstić information content (AvgIpc) is 3.12. The molecule has 0 aromatic heterocycles. The van der Waals surface area contributed by atoms with Crippen molar-refractivity contribution >= 4 is 29.4 Å². The number of benzene rings is 1. The first kappa shape index (κ1) is 22.5. The van der Waals surface area contributed by atoms with E-state index >= 15 is 0 Å². The third-order valence-electron chi connectivity index (χ3n) is 7.34. The van der Waals surface area contributed by atoms with Crippen molar-refractivity contribution in [2.45, 2.75) is 45.1 Å². The van der Waals surface area contributed by atoms with Gasteiger partial charge < -0.3 is 9.64 Å². The normalized spacial score (nSPS) is 23.6. The van der Waals surface area contributed by atoms with Gasteiger partial charge in [0.15, 0.2) is 0 Å². The Labute approximate surface area is 188 Å². The molecule has 1 atom stereocenters. The number of likely N-dealkylation sites (tertiary alicyclic amines) is 2. The van der Waals surface area contributed by atoms with E-state index in [0.29, 0.717) is 23.1 Å². The second-order valence-electron chi connectivity index (χ2n) is 9.04. The Morgan fingerprint density at radius 1 is 0.906 bits per heavy atom. The summed E-state index contributed by atoms with van der Waals surface area (Å²) in [5.74, 6) is 0.571. The maximum Gasteiger partial charge on any atom is 0.337 e. The van der Waals surface area contributed by atoms with Gasteiger partial charge in [0.1, 0.15) is 0 Å². The standard InChI is InChI=1S/C24H31N3O5/c1-16(28)25-11-7-17(8-12-25)18-9-13-26(14-10-18)21-15-22(29)27(23(21)30)20-5-3-19(4-6-20)24(31)32-2/h3-6,17-18,21H,7-15H2,1-2H3. The number of anilines is 1. The number of piperidine rings is 2. The fraction of sp³-hybridized carbons (Fsp3) is 0.583. The number of methoxy groups -OCH3 is 1. The summed E-state index contributed by atoms with van der Waals surface area (Å²) in [7, 11) is 1.31. The van der Waals surface area contributed by atoms with Crippen LogP contribution in [-0.4, -0.2) is 72.8 Å². The minimum Gasteiger partial charge on any atom is -0.465 e. The van der Waals surface area contributed by atoms with E-state index in [1.54, 1.807) is 31.2 Å². The van der Waals surface area contributed by atoms with Crippen molar-refractivity contribution in [3.8, 4) is 0 Å². The topological polar surface area (TPSA) is 87.2 Å². The molecule has 3 aliphatic rings. The summed E-state index contributed by atoms with van der Waals surface area (Å²) < 4.78 is 4.70. The summed E-state index contributed by atoms with van der Waals surface area (Å²) in [6.45, 7) is 4.96. The van der Waals surface area contributed by atoms with Crippen LogP contribution >= 0.6 is 0 Å². The quantitative estimate of drug-likeness (QED) is 0.525. The minimum atomic E-state index is -0.455. The van der Waals surface area contributed by atoms with Gasteiger partial charge in [-0.15, -0.1) is 0 Å². The van der Waals surface area contributed by atoms with Crippen LogP contribution in [0.1, 0.15) is 49.4 Å². The maximum absolute atomic E-state index is 13.1. The van der Waals surface area contributed by atoms with Gasteiger partial charge in [-0.2, -0.15) is 0 Å². The number of hydrogen-bond donors (Lipinski definition) is 0. The zero-order valence-electron chi connectivity index (χ0n) is 18.8. The summed E-state index contributed by atoms with van der Waals surface area (Å²) in [6.07, 6.45) is 4.35. The molecule has 172 valence electrons. The molecule has 1 aromatic rings. The van der Waals surface area contributed by atoms with Gasteiger partial charge in [-0.25, -0.2) is 9.69 Å². The van der Waals surface area contributed by atoms with Gasteiger partial charge in [-0.3, -0.25) is 19.3 Å². The molecule has 0 radical (unpaired) electrons. The van der Waals surface area contributed by atoms with Crippen LogP contribution in [0, 0.1) is 11.8 Å². The van der Waals surface area contributed by atoms with Gasteiger partial charge in [0.05, 0.1) is 30.8 Å². The fourth-order valence-corrected chi connectivity index (χ4v) is 5.43. The zero-order chi connectivity index (χ0) is 22.8. The Kier molecular flexibility index (Phi) is 6.60. The first-order valence-corrected chi connectivity index (χ1v) is 11.4.